The third-order valence-electron chi connectivity index (χ3n) is 3.57. The normalized spacial score (nSPS) is 11.6. The summed E-state index contributed by atoms with van der Waals surface area (Å²) in [5, 5.41) is 0.771. The molecule has 0 amide bonds. The first-order valence-corrected chi connectivity index (χ1v) is 8.15. The summed E-state index contributed by atoms with van der Waals surface area (Å²) in [5.41, 5.74) is 2.94. The highest BCUT2D eigenvalue weighted by Gasteiger charge is 2.32. The van der Waals surface area contributed by atoms with Gasteiger partial charge in [0.2, 0.25) is 0 Å². The van der Waals surface area contributed by atoms with Crippen molar-refractivity contribution in [2.75, 3.05) is 7.11 Å². The second-order valence-electron chi connectivity index (χ2n) is 5.66. The van der Waals surface area contributed by atoms with Crippen LogP contribution in [0, 0.1) is 0 Å². The standard InChI is InChI=1S/C18H18N2O2S/c1-18(2,16(21)22-3)23-17-19-14-11-7-8-12-15(14)20(17)13-9-5-4-6-10-13/h4-12H,1-3H3. The number of carbonyl (C=O) groups is 1. The first kappa shape index (κ1) is 15.6. The topological polar surface area (TPSA) is 44.1 Å². The average molecular weight is 326 g/mol. The number of esters is 1. The van der Waals surface area contributed by atoms with Gasteiger partial charge in [-0.05, 0) is 38.1 Å². The lowest BCUT2D eigenvalue weighted by molar-refractivity contribution is -0.142. The third kappa shape index (κ3) is 2.97. The molecule has 2 aromatic carbocycles. The maximum Gasteiger partial charge on any atom is 0.321 e. The Balaban J connectivity index is 2.15. The summed E-state index contributed by atoms with van der Waals surface area (Å²) in [6.07, 6.45) is 0. The van der Waals surface area contributed by atoms with Gasteiger partial charge in [-0.3, -0.25) is 9.36 Å². The monoisotopic (exact) mass is 326 g/mol. The maximum absolute atomic E-state index is 12.0. The first-order valence-electron chi connectivity index (χ1n) is 7.33. The van der Waals surface area contributed by atoms with E-state index >= 15 is 0 Å². The summed E-state index contributed by atoms with van der Waals surface area (Å²) >= 11 is 1.40. The Morgan fingerprint density at radius 2 is 1.74 bits per heavy atom. The van der Waals surface area contributed by atoms with Crippen LogP contribution in [-0.4, -0.2) is 27.4 Å². The molecule has 0 saturated heterocycles. The van der Waals surface area contributed by atoms with Crippen molar-refractivity contribution >= 4 is 28.8 Å². The molecule has 23 heavy (non-hydrogen) atoms. The van der Waals surface area contributed by atoms with Crippen molar-refractivity contribution in [3.05, 3.63) is 54.6 Å². The summed E-state index contributed by atoms with van der Waals surface area (Å²) in [4.78, 5) is 16.7. The first-order chi connectivity index (χ1) is 11.0. The van der Waals surface area contributed by atoms with E-state index in [1.807, 2.05) is 68.4 Å². The van der Waals surface area contributed by atoms with Crippen molar-refractivity contribution in [3.8, 4) is 5.69 Å². The number of rotatable bonds is 4. The zero-order valence-corrected chi connectivity index (χ0v) is 14.1. The number of benzene rings is 2. The number of para-hydroxylation sites is 3. The molecule has 0 N–H and O–H groups in total. The summed E-state index contributed by atoms with van der Waals surface area (Å²) in [6, 6.07) is 18.0. The van der Waals surface area contributed by atoms with Crippen LogP contribution in [-0.2, 0) is 9.53 Å². The molecule has 0 bridgehead atoms. The maximum atomic E-state index is 12.0. The van der Waals surface area contributed by atoms with Crippen molar-refractivity contribution in [2.24, 2.45) is 0 Å². The molecule has 118 valence electrons. The molecular formula is C18H18N2O2S. The molecular weight excluding hydrogens is 308 g/mol. The second-order valence-corrected chi connectivity index (χ2v) is 7.25. The van der Waals surface area contributed by atoms with E-state index in [0.29, 0.717) is 0 Å². The predicted molar refractivity (Wildman–Crippen MR) is 93.0 cm³/mol. The molecule has 0 aliphatic carbocycles. The van der Waals surface area contributed by atoms with Crippen molar-refractivity contribution in [3.63, 3.8) is 0 Å². The quantitative estimate of drug-likeness (QED) is 0.535. The van der Waals surface area contributed by atoms with Gasteiger partial charge in [0.05, 0.1) is 18.1 Å². The largest absolute Gasteiger partial charge is 0.468 e. The second kappa shape index (κ2) is 6.08. The number of hydrogen-bond donors (Lipinski definition) is 0. The molecule has 0 saturated carbocycles. The van der Waals surface area contributed by atoms with E-state index in [1.54, 1.807) is 0 Å². The van der Waals surface area contributed by atoms with Crippen LogP contribution in [0.5, 0.6) is 0 Å². The molecule has 0 aliphatic heterocycles. The fourth-order valence-corrected chi connectivity index (χ4v) is 3.48. The molecule has 4 nitrogen and oxygen atoms in total. The Morgan fingerprint density at radius 3 is 2.43 bits per heavy atom. The van der Waals surface area contributed by atoms with Crippen LogP contribution in [0.15, 0.2) is 59.8 Å². The Hall–Kier alpha value is -2.27. The minimum absolute atomic E-state index is 0.269. The summed E-state index contributed by atoms with van der Waals surface area (Å²) in [5.74, 6) is -0.269. The number of hydrogen-bond acceptors (Lipinski definition) is 4. The Kier molecular flexibility index (Phi) is 4.13. The van der Waals surface area contributed by atoms with Gasteiger partial charge in [-0.15, -0.1) is 0 Å². The molecule has 0 unspecified atom stereocenters. The van der Waals surface area contributed by atoms with Crippen LogP contribution in [0.4, 0.5) is 0 Å². The highest BCUT2D eigenvalue weighted by molar-refractivity contribution is 8.01. The Morgan fingerprint density at radius 1 is 1.09 bits per heavy atom. The van der Waals surface area contributed by atoms with Gasteiger partial charge in [0, 0.05) is 5.69 Å². The van der Waals surface area contributed by atoms with Gasteiger partial charge < -0.3 is 4.74 Å². The van der Waals surface area contributed by atoms with Gasteiger partial charge in [-0.1, -0.05) is 42.1 Å². The van der Waals surface area contributed by atoms with Gasteiger partial charge in [0.25, 0.3) is 0 Å². The lowest BCUT2D eigenvalue weighted by atomic mass is 10.2. The molecule has 0 aliphatic rings. The van der Waals surface area contributed by atoms with Crippen molar-refractivity contribution in [1.82, 2.24) is 9.55 Å². The number of ether oxygens (including phenoxy) is 1. The molecule has 0 spiro atoms. The van der Waals surface area contributed by atoms with Crippen LogP contribution in [0.1, 0.15) is 13.8 Å². The van der Waals surface area contributed by atoms with E-state index in [0.717, 1.165) is 21.9 Å². The van der Waals surface area contributed by atoms with E-state index < -0.39 is 4.75 Å². The van der Waals surface area contributed by atoms with Crippen molar-refractivity contribution in [2.45, 2.75) is 23.8 Å². The van der Waals surface area contributed by atoms with Crippen LogP contribution in [0.3, 0.4) is 0 Å². The molecule has 0 atom stereocenters. The number of methoxy groups -OCH3 is 1. The highest BCUT2D eigenvalue weighted by Crippen LogP contribution is 2.36. The van der Waals surface area contributed by atoms with E-state index in [1.165, 1.54) is 18.9 Å². The number of fused-ring (bicyclic) bond motifs is 1. The van der Waals surface area contributed by atoms with Gasteiger partial charge in [-0.2, -0.15) is 0 Å². The molecule has 3 aromatic rings. The number of imidazole rings is 1. The smallest absolute Gasteiger partial charge is 0.321 e. The molecule has 1 aromatic heterocycles. The number of thioether (sulfide) groups is 1. The van der Waals surface area contributed by atoms with Crippen molar-refractivity contribution < 1.29 is 9.53 Å². The van der Waals surface area contributed by atoms with Gasteiger partial charge in [-0.25, -0.2) is 4.98 Å². The zero-order chi connectivity index (χ0) is 16.4. The highest BCUT2D eigenvalue weighted by atomic mass is 32.2. The van der Waals surface area contributed by atoms with Crippen LogP contribution >= 0.6 is 11.8 Å². The van der Waals surface area contributed by atoms with Crippen LogP contribution < -0.4 is 0 Å². The Bertz CT molecular complexity index is 841. The van der Waals surface area contributed by atoms with Gasteiger partial charge >= 0.3 is 5.97 Å². The third-order valence-corrected chi connectivity index (χ3v) is 4.70. The molecule has 1 heterocycles. The summed E-state index contributed by atoms with van der Waals surface area (Å²) in [7, 11) is 1.41. The number of carbonyl (C=O) groups excluding carboxylic acids is 1. The lowest BCUT2D eigenvalue weighted by Crippen LogP contribution is -2.29. The average Bonchev–Trinajstić information content (AvgIpc) is 2.91. The van der Waals surface area contributed by atoms with E-state index in [2.05, 4.69) is 4.57 Å². The zero-order valence-electron chi connectivity index (χ0n) is 13.3. The molecule has 5 heteroatoms. The summed E-state index contributed by atoms with van der Waals surface area (Å²) in [6.45, 7) is 3.69. The predicted octanol–water partition coefficient (Wildman–Crippen LogP) is 4.07. The molecule has 0 radical (unpaired) electrons. The van der Waals surface area contributed by atoms with E-state index in [4.69, 9.17) is 9.72 Å². The van der Waals surface area contributed by atoms with Crippen molar-refractivity contribution in [1.29, 1.82) is 0 Å². The lowest BCUT2D eigenvalue weighted by Gasteiger charge is -2.20. The van der Waals surface area contributed by atoms with E-state index in [9.17, 15) is 4.79 Å². The van der Waals surface area contributed by atoms with Crippen LogP contribution in [0.25, 0.3) is 16.7 Å². The number of nitrogens with zero attached hydrogens (tertiary/aromatic N) is 2. The molecule has 0 fully saturated rings. The van der Waals surface area contributed by atoms with Crippen LogP contribution in [0.2, 0.25) is 0 Å². The molecule has 3 rings (SSSR count). The Labute approximate surface area is 139 Å². The fraction of sp³-hybridized carbons (Fsp3) is 0.222. The fourth-order valence-electron chi connectivity index (χ4n) is 2.41. The van der Waals surface area contributed by atoms with Gasteiger partial charge in [0.1, 0.15) is 4.75 Å². The number of aromatic nitrogens is 2. The minimum Gasteiger partial charge on any atom is -0.468 e. The SMILES string of the molecule is COC(=O)C(C)(C)Sc1nc2ccccc2n1-c1ccccc1. The van der Waals surface area contributed by atoms with E-state index in [-0.39, 0.29) is 5.97 Å². The summed E-state index contributed by atoms with van der Waals surface area (Å²) < 4.78 is 6.26. The minimum atomic E-state index is -0.720. The van der Waals surface area contributed by atoms with Gasteiger partial charge in [0.15, 0.2) is 5.16 Å².